The first kappa shape index (κ1) is 28.9. The summed E-state index contributed by atoms with van der Waals surface area (Å²) >= 11 is 12.9. The van der Waals surface area contributed by atoms with E-state index < -0.39 is 0 Å². The van der Waals surface area contributed by atoms with E-state index in [2.05, 4.69) is 31.5 Å². The van der Waals surface area contributed by atoms with Gasteiger partial charge in [-0.05, 0) is 74.4 Å². The Bertz CT molecular complexity index is 1750. The second-order valence-corrected chi connectivity index (χ2v) is 13.0. The van der Waals surface area contributed by atoms with E-state index in [4.69, 9.17) is 23.8 Å². The predicted octanol–water partition coefficient (Wildman–Crippen LogP) is 4.84. The van der Waals surface area contributed by atoms with Gasteiger partial charge in [0.2, 0.25) is 0 Å². The van der Waals surface area contributed by atoms with Crippen molar-refractivity contribution in [2.24, 2.45) is 0 Å². The van der Waals surface area contributed by atoms with Gasteiger partial charge in [-0.25, -0.2) is 0 Å². The fraction of sp³-hybridized carbons (Fsp3) is 0.400. The van der Waals surface area contributed by atoms with E-state index in [-0.39, 0.29) is 23.4 Å². The van der Waals surface area contributed by atoms with Crippen LogP contribution in [0.1, 0.15) is 52.1 Å². The van der Waals surface area contributed by atoms with Gasteiger partial charge >= 0.3 is 0 Å². The summed E-state index contributed by atoms with van der Waals surface area (Å²) in [6.45, 7) is 5.22. The minimum Gasteiger partial charge on any atom is -0.369 e. The molecule has 0 atom stereocenters. The number of hydrogen-bond acceptors (Lipinski definition) is 7. The number of thiazole rings is 1. The van der Waals surface area contributed by atoms with Gasteiger partial charge in [0.25, 0.3) is 17.4 Å². The van der Waals surface area contributed by atoms with Crippen molar-refractivity contribution in [2.45, 2.75) is 38.1 Å². The number of fused-ring (bicyclic) bond motifs is 3. The molecule has 2 aliphatic rings. The molecule has 2 aromatic heterocycles. The summed E-state index contributed by atoms with van der Waals surface area (Å²) in [5.41, 5.74) is 2.15. The van der Waals surface area contributed by atoms with Crippen molar-refractivity contribution in [1.82, 2.24) is 24.9 Å². The summed E-state index contributed by atoms with van der Waals surface area (Å²) in [5.74, 6) is -0.438. The normalized spacial score (nSPS) is 16.4. The molecule has 12 heteroatoms. The molecule has 4 aromatic rings. The Balaban J connectivity index is 1.09. The Kier molecular flexibility index (Phi) is 8.62. The molecule has 1 aliphatic carbocycles. The van der Waals surface area contributed by atoms with Gasteiger partial charge in [-0.2, -0.15) is 0 Å². The number of piperazine rings is 1. The number of carbonyl (C=O) groups is 2. The predicted molar refractivity (Wildman–Crippen MR) is 171 cm³/mol. The lowest BCUT2D eigenvalue weighted by Crippen LogP contribution is -2.47. The highest BCUT2D eigenvalue weighted by molar-refractivity contribution is 7.73. The highest BCUT2D eigenvalue weighted by Crippen LogP contribution is 2.25. The van der Waals surface area contributed by atoms with E-state index >= 15 is 0 Å². The molecule has 0 bridgehead atoms. The number of benzene rings is 2. The van der Waals surface area contributed by atoms with Crippen molar-refractivity contribution in [3.63, 3.8) is 0 Å². The van der Waals surface area contributed by atoms with Crippen LogP contribution in [0.2, 0.25) is 5.02 Å². The van der Waals surface area contributed by atoms with Crippen LogP contribution < -0.4 is 21.1 Å². The minimum atomic E-state index is -0.324. The highest BCUT2D eigenvalue weighted by Gasteiger charge is 2.23. The highest BCUT2D eigenvalue weighted by atomic mass is 35.5. The Morgan fingerprint density at radius 2 is 1.83 bits per heavy atom. The molecule has 9 nitrogen and oxygen atoms in total. The van der Waals surface area contributed by atoms with Gasteiger partial charge in [-0.3, -0.25) is 23.7 Å². The maximum absolute atomic E-state index is 13.1. The van der Waals surface area contributed by atoms with Crippen molar-refractivity contribution < 1.29 is 9.59 Å². The summed E-state index contributed by atoms with van der Waals surface area (Å²) in [5, 5.41) is 7.25. The lowest BCUT2D eigenvalue weighted by atomic mass is 10.1. The number of amides is 2. The average molecular weight is 625 g/mol. The third-order valence-electron chi connectivity index (χ3n) is 8.17. The molecule has 6 rings (SSSR count). The maximum atomic E-state index is 13.1. The largest absolute Gasteiger partial charge is 0.369 e. The number of nitrogens with one attached hydrogen (secondary N) is 3. The first-order chi connectivity index (χ1) is 20.4. The van der Waals surface area contributed by atoms with Crippen LogP contribution in [0.15, 0.2) is 47.3 Å². The van der Waals surface area contributed by atoms with Crippen LogP contribution in [0.3, 0.4) is 0 Å². The number of carbonyl (C=O) groups excluding carboxylic acids is 2. The zero-order valence-corrected chi connectivity index (χ0v) is 25.5. The molecule has 2 amide bonds. The number of anilines is 1. The average Bonchev–Trinajstić information content (AvgIpc) is 3.62. The summed E-state index contributed by atoms with van der Waals surface area (Å²) in [4.78, 5) is 47.0. The number of aromatic amines is 1. The molecule has 0 unspecified atom stereocenters. The van der Waals surface area contributed by atoms with Gasteiger partial charge in [0.15, 0.2) is 3.95 Å². The van der Waals surface area contributed by atoms with E-state index in [9.17, 15) is 14.4 Å². The first-order valence-electron chi connectivity index (χ1n) is 14.4. The molecule has 0 radical (unpaired) electrons. The van der Waals surface area contributed by atoms with Crippen LogP contribution in [-0.2, 0) is 0 Å². The van der Waals surface area contributed by atoms with E-state index in [1.165, 1.54) is 11.3 Å². The second kappa shape index (κ2) is 12.5. The van der Waals surface area contributed by atoms with Gasteiger partial charge in [-0.15, -0.1) is 0 Å². The van der Waals surface area contributed by atoms with Crippen LogP contribution in [0.25, 0.3) is 16.6 Å². The Hall–Kier alpha value is -3.25. The SMILES string of the molecule is O=C(NCCCN1CCN(c2cccc(Cl)c2)CC1)c1ccc2c(=O)[nH]c3c(C(=O)NC4CCCC4)sc(=S)n3c2c1. The number of H-pyrrole nitrogens is 1. The maximum Gasteiger partial charge on any atom is 0.265 e. The molecule has 2 fully saturated rings. The summed E-state index contributed by atoms with van der Waals surface area (Å²) in [7, 11) is 0. The monoisotopic (exact) mass is 624 g/mol. The molecule has 3 heterocycles. The lowest BCUT2D eigenvalue weighted by molar-refractivity contribution is 0.0937. The van der Waals surface area contributed by atoms with Crippen LogP contribution in [0, 0.1) is 3.95 Å². The van der Waals surface area contributed by atoms with Crippen LogP contribution in [0.5, 0.6) is 0 Å². The standard InChI is InChI=1S/C30H33ClN6O3S2/c31-20-5-3-8-22(18-20)36-15-13-35(14-16-36)12-4-11-32-27(38)19-9-10-23-24(17-19)37-26(34-28(23)39)25(42-30(37)41)29(40)33-21-6-1-2-7-21/h3,5,8-10,17-18,21H,1-2,4,6-7,11-16H2,(H,32,38)(H,33,40)(H,34,39). The molecule has 1 aliphatic heterocycles. The number of rotatable bonds is 8. The molecule has 2 aromatic carbocycles. The van der Waals surface area contributed by atoms with Gasteiger partial charge in [-0.1, -0.05) is 41.8 Å². The molecular weight excluding hydrogens is 592 g/mol. The van der Waals surface area contributed by atoms with Gasteiger partial charge in [0.05, 0.1) is 10.9 Å². The van der Waals surface area contributed by atoms with Crippen LogP contribution >= 0.6 is 35.2 Å². The fourth-order valence-electron chi connectivity index (χ4n) is 5.91. The van der Waals surface area contributed by atoms with Gasteiger partial charge < -0.3 is 20.5 Å². The summed E-state index contributed by atoms with van der Waals surface area (Å²) in [6.07, 6.45) is 4.95. The van der Waals surface area contributed by atoms with Crippen LogP contribution in [-0.4, -0.2) is 71.4 Å². The molecular formula is C30H33ClN6O3S2. The topological polar surface area (TPSA) is 102 Å². The van der Waals surface area contributed by atoms with Gasteiger partial charge in [0.1, 0.15) is 10.5 Å². The van der Waals surface area contributed by atoms with Gasteiger partial charge in [0, 0.05) is 55.0 Å². The smallest absolute Gasteiger partial charge is 0.265 e. The van der Waals surface area contributed by atoms with Crippen LogP contribution in [0.4, 0.5) is 5.69 Å². The van der Waals surface area contributed by atoms with Crippen molar-refractivity contribution in [3.05, 3.63) is 72.2 Å². The van der Waals surface area contributed by atoms with Crippen molar-refractivity contribution in [3.8, 4) is 0 Å². The Morgan fingerprint density at radius 3 is 2.60 bits per heavy atom. The minimum absolute atomic E-state index is 0.147. The molecule has 0 spiro atoms. The Morgan fingerprint density at radius 1 is 1.05 bits per heavy atom. The zero-order chi connectivity index (χ0) is 29.2. The second-order valence-electron chi connectivity index (χ2n) is 10.9. The van der Waals surface area contributed by atoms with E-state index in [1.54, 1.807) is 22.6 Å². The zero-order valence-electron chi connectivity index (χ0n) is 23.2. The third-order valence-corrected chi connectivity index (χ3v) is 9.77. The van der Waals surface area contributed by atoms with E-state index in [0.717, 1.165) is 75.5 Å². The number of nitrogens with zero attached hydrogens (tertiary/aromatic N) is 3. The van der Waals surface area contributed by atoms with Crippen molar-refractivity contribution in [2.75, 3.05) is 44.2 Å². The molecule has 42 heavy (non-hydrogen) atoms. The molecule has 1 saturated heterocycles. The molecule has 220 valence electrons. The molecule has 1 saturated carbocycles. The summed E-state index contributed by atoms with van der Waals surface area (Å²) in [6, 6.07) is 13.1. The first-order valence-corrected chi connectivity index (χ1v) is 16.0. The summed E-state index contributed by atoms with van der Waals surface area (Å²) < 4.78 is 2.14. The Labute approximate surface area is 257 Å². The third kappa shape index (κ3) is 6.10. The lowest BCUT2D eigenvalue weighted by Gasteiger charge is -2.36. The molecule has 3 N–H and O–H groups in total. The van der Waals surface area contributed by atoms with E-state index in [0.29, 0.717) is 37.5 Å². The van der Waals surface area contributed by atoms with Crippen molar-refractivity contribution in [1.29, 1.82) is 0 Å². The van der Waals surface area contributed by atoms with E-state index in [1.807, 2.05) is 18.2 Å². The number of hydrogen-bond donors (Lipinski definition) is 3. The quantitative estimate of drug-likeness (QED) is 0.192. The van der Waals surface area contributed by atoms with Crippen molar-refractivity contribution >= 4 is 69.2 Å². The fourth-order valence-corrected chi connectivity index (χ4v) is 7.38. The number of halogens is 1. The number of aromatic nitrogens is 2.